The number of nitrogens with zero attached hydrogens (tertiary/aromatic N) is 3. The first-order chi connectivity index (χ1) is 12.2. The second-order valence-electron chi connectivity index (χ2n) is 6.90. The Balaban J connectivity index is 0.00000243. The molecule has 2 fully saturated rings. The third kappa shape index (κ3) is 5.55. The van der Waals surface area contributed by atoms with Gasteiger partial charge in [-0.15, -0.1) is 35.3 Å². The standard InChI is InChI=1S/C18H29N5OS.HI/c1-3-15-10-20-16(25-15)11-21-18(19-2)22-14-8-9-23(12-14)17(24)13-6-4-5-7-13;/h10,13-14H,3-9,11-12H2,1-2H3,(H2,19,21,22);1H. The van der Waals surface area contributed by atoms with Crippen molar-refractivity contribution in [3.63, 3.8) is 0 Å². The number of hydrogen-bond donors (Lipinski definition) is 2. The molecule has 1 aromatic heterocycles. The molecule has 0 spiro atoms. The number of hydrogen-bond acceptors (Lipinski definition) is 4. The van der Waals surface area contributed by atoms with Crippen LogP contribution in [-0.2, 0) is 17.8 Å². The van der Waals surface area contributed by atoms with Crippen molar-refractivity contribution in [2.75, 3.05) is 20.1 Å². The van der Waals surface area contributed by atoms with E-state index >= 15 is 0 Å². The summed E-state index contributed by atoms with van der Waals surface area (Å²) in [5, 5.41) is 7.86. The number of guanidine groups is 1. The summed E-state index contributed by atoms with van der Waals surface area (Å²) in [6.45, 7) is 4.47. The zero-order valence-electron chi connectivity index (χ0n) is 15.7. The highest BCUT2D eigenvalue weighted by Gasteiger charge is 2.32. The van der Waals surface area contributed by atoms with E-state index in [0.29, 0.717) is 12.5 Å². The summed E-state index contributed by atoms with van der Waals surface area (Å²) in [5.41, 5.74) is 0. The molecule has 0 bridgehead atoms. The van der Waals surface area contributed by atoms with E-state index in [1.807, 2.05) is 11.1 Å². The topological polar surface area (TPSA) is 69.6 Å². The summed E-state index contributed by atoms with van der Waals surface area (Å²) in [7, 11) is 1.78. The summed E-state index contributed by atoms with van der Waals surface area (Å²) in [6.07, 6.45) is 8.52. The van der Waals surface area contributed by atoms with Crippen LogP contribution in [0.15, 0.2) is 11.2 Å². The van der Waals surface area contributed by atoms with Gasteiger partial charge in [0, 0.05) is 43.2 Å². The van der Waals surface area contributed by atoms with Crippen molar-refractivity contribution in [1.29, 1.82) is 0 Å². The molecular weight excluding hydrogens is 461 g/mol. The number of carbonyl (C=O) groups excluding carboxylic acids is 1. The van der Waals surface area contributed by atoms with Gasteiger partial charge in [-0.05, 0) is 25.7 Å². The highest BCUT2D eigenvalue weighted by molar-refractivity contribution is 14.0. The molecule has 6 nitrogen and oxygen atoms in total. The van der Waals surface area contributed by atoms with Gasteiger partial charge in [0.05, 0.1) is 6.54 Å². The van der Waals surface area contributed by atoms with Crippen LogP contribution in [0.5, 0.6) is 0 Å². The second kappa shape index (κ2) is 10.4. The Bertz CT molecular complexity index is 614. The number of aliphatic imine (C=N–C) groups is 1. The van der Waals surface area contributed by atoms with Gasteiger partial charge in [0.25, 0.3) is 0 Å². The molecule has 2 aliphatic rings. The lowest BCUT2D eigenvalue weighted by molar-refractivity contribution is -0.134. The predicted octanol–water partition coefficient (Wildman–Crippen LogP) is 2.78. The Morgan fingerprint density at radius 1 is 1.38 bits per heavy atom. The van der Waals surface area contributed by atoms with Gasteiger partial charge in [-0.3, -0.25) is 9.79 Å². The van der Waals surface area contributed by atoms with E-state index in [9.17, 15) is 4.79 Å². The summed E-state index contributed by atoms with van der Waals surface area (Å²) in [4.78, 5) is 24.6. The maximum atomic E-state index is 12.5. The molecule has 1 saturated heterocycles. The van der Waals surface area contributed by atoms with Crippen molar-refractivity contribution in [1.82, 2.24) is 20.5 Å². The van der Waals surface area contributed by atoms with Crippen molar-refractivity contribution < 1.29 is 4.79 Å². The van der Waals surface area contributed by atoms with Crippen molar-refractivity contribution in [2.24, 2.45) is 10.9 Å². The van der Waals surface area contributed by atoms with Crippen LogP contribution in [0.3, 0.4) is 0 Å². The van der Waals surface area contributed by atoms with Crippen LogP contribution in [0.2, 0.25) is 0 Å². The third-order valence-electron chi connectivity index (χ3n) is 5.13. The fourth-order valence-corrected chi connectivity index (χ4v) is 4.45. The minimum atomic E-state index is 0. The van der Waals surface area contributed by atoms with Gasteiger partial charge in [-0.2, -0.15) is 0 Å². The fourth-order valence-electron chi connectivity index (χ4n) is 3.65. The van der Waals surface area contributed by atoms with Crippen LogP contribution in [0.1, 0.15) is 48.9 Å². The lowest BCUT2D eigenvalue weighted by Crippen LogP contribution is -2.45. The Hall–Kier alpha value is -0.900. The molecule has 3 rings (SSSR count). The summed E-state index contributed by atoms with van der Waals surface area (Å²) < 4.78 is 0. The van der Waals surface area contributed by atoms with Gasteiger partial charge in [0.15, 0.2) is 5.96 Å². The first-order valence-corrected chi connectivity index (χ1v) is 10.2. The van der Waals surface area contributed by atoms with E-state index in [0.717, 1.165) is 49.7 Å². The molecule has 0 radical (unpaired) electrons. The molecule has 1 aliphatic heterocycles. The Morgan fingerprint density at radius 2 is 2.15 bits per heavy atom. The number of likely N-dealkylation sites (tertiary alicyclic amines) is 1. The predicted molar refractivity (Wildman–Crippen MR) is 117 cm³/mol. The maximum Gasteiger partial charge on any atom is 0.225 e. The molecule has 2 heterocycles. The van der Waals surface area contributed by atoms with Gasteiger partial charge in [-0.25, -0.2) is 4.98 Å². The summed E-state index contributed by atoms with van der Waals surface area (Å²) in [6, 6.07) is 0.277. The van der Waals surface area contributed by atoms with Crippen LogP contribution in [-0.4, -0.2) is 47.9 Å². The van der Waals surface area contributed by atoms with Gasteiger partial charge in [-0.1, -0.05) is 19.8 Å². The van der Waals surface area contributed by atoms with E-state index < -0.39 is 0 Å². The Kier molecular flexibility index (Phi) is 8.59. The summed E-state index contributed by atoms with van der Waals surface area (Å²) >= 11 is 1.74. The number of aryl methyl sites for hydroxylation is 1. The number of amides is 1. The van der Waals surface area contributed by atoms with Gasteiger partial charge < -0.3 is 15.5 Å². The molecule has 1 aromatic rings. The van der Waals surface area contributed by atoms with Gasteiger partial charge in [0.2, 0.25) is 5.91 Å². The molecule has 0 aromatic carbocycles. The minimum absolute atomic E-state index is 0. The fraction of sp³-hybridized carbons (Fsp3) is 0.722. The molecule has 146 valence electrons. The van der Waals surface area contributed by atoms with E-state index in [1.54, 1.807) is 18.4 Å². The van der Waals surface area contributed by atoms with Crippen LogP contribution >= 0.6 is 35.3 Å². The second-order valence-corrected chi connectivity index (χ2v) is 8.09. The van der Waals surface area contributed by atoms with Gasteiger partial charge >= 0.3 is 0 Å². The number of aromatic nitrogens is 1. The lowest BCUT2D eigenvalue weighted by Gasteiger charge is -2.21. The number of thiazole rings is 1. The minimum Gasteiger partial charge on any atom is -0.352 e. The summed E-state index contributed by atoms with van der Waals surface area (Å²) in [5.74, 6) is 1.42. The largest absolute Gasteiger partial charge is 0.352 e. The molecule has 26 heavy (non-hydrogen) atoms. The van der Waals surface area contributed by atoms with Gasteiger partial charge in [0.1, 0.15) is 5.01 Å². The molecule has 1 unspecified atom stereocenters. The van der Waals surface area contributed by atoms with Crippen LogP contribution in [0.25, 0.3) is 0 Å². The number of halogens is 1. The third-order valence-corrected chi connectivity index (χ3v) is 6.27. The molecule has 1 saturated carbocycles. The number of nitrogens with one attached hydrogen (secondary N) is 2. The van der Waals surface area contributed by atoms with E-state index in [-0.39, 0.29) is 35.9 Å². The molecule has 1 aliphatic carbocycles. The van der Waals surface area contributed by atoms with Crippen LogP contribution in [0, 0.1) is 5.92 Å². The number of rotatable bonds is 5. The first-order valence-electron chi connectivity index (χ1n) is 9.39. The number of carbonyl (C=O) groups is 1. The van der Waals surface area contributed by atoms with Crippen LogP contribution in [0.4, 0.5) is 0 Å². The van der Waals surface area contributed by atoms with E-state index in [4.69, 9.17) is 0 Å². The van der Waals surface area contributed by atoms with Crippen molar-refractivity contribution in [3.8, 4) is 0 Å². The highest BCUT2D eigenvalue weighted by Crippen LogP contribution is 2.27. The van der Waals surface area contributed by atoms with Crippen LogP contribution < -0.4 is 10.6 Å². The van der Waals surface area contributed by atoms with Crippen molar-refractivity contribution in [3.05, 3.63) is 16.1 Å². The maximum absolute atomic E-state index is 12.5. The quantitative estimate of drug-likeness (QED) is 0.378. The molecule has 1 amide bonds. The highest BCUT2D eigenvalue weighted by atomic mass is 127. The SMILES string of the molecule is CCc1cnc(CNC(=NC)NC2CCN(C(=O)C3CCCC3)C2)s1.I. The first kappa shape index (κ1) is 21.4. The molecular formula is C18H30IN5OS. The average Bonchev–Trinajstić information content (AvgIpc) is 3.39. The van der Waals surface area contributed by atoms with Crippen molar-refractivity contribution >= 4 is 47.2 Å². The van der Waals surface area contributed by atoms with E-state index in [2.05, 4.69) is 27.5 Å². The Morgan fingerprint density at radius 3 is 2.81 bits per heavy atom. The molecule has 1 atom stereocenters. The average molecular weight is 491 g/mol. The zero-order valence-corrected chi connectivity index (χ0v) is 18.8. The normalized spacial score (nSPS) is 20.9. The molecule has 8 heteroatoms. The zero-order chi connectivity index (χ0) is 17.6. The van der Waals surface area contributed by atoms with Crippen molar-refractivity contribution in [2.45, 2.75) is 58.0 Å². The Labute approximate surface area is 177 Å². The van der Waals surface area contributed by atoms with E-state index in [1.165, 1.54) is 17.7 Å². The molecule has 2 N–H and O–H groups in total. The lowest BCUT2D eigenvalue weighted by atomic mass is 10.1. The monoisotopic (exact) mass is 491 g/mol. The smallest absolute Gasteiger partial charge is 0.225 e.